The third-order valence-electron chi connectivity index (χ3n) is 1.96. The van der Waals surface area contributed by atoms with Crippen molar-refractivity contribution in [2.45, 2.75) is 6.42 Å². The average Bonchev–Trinajstić information content (AvgIpc) is 2.17. The second-order valence-electron chi connectivity index (χ2n) is 2.95. The average molecular weight is 202 g/mol. The van der Waals surface area contributed by atoms with Gasteiger partial charge in [-0.3, -0.25) is 9.59 Å². The van der Waals surface area contributed by atoms with E-state index < -0.39 is 11.8 Å². The smallest absolute Gasteiger partial charge is 0.249 e. The van der Waals surface area contributed by atoms with Crippen molar-refractivity contribution in [3.8, 4) is 12.3 Å². The lowest BCUT2D eigenvalue weighted by molar-refractivity contribution is 0.0966. The molecule has 0 spiro atoms. The Balaban J connectivity index is 3.43. The Bertz CT molecular complexity index is 458. The molecule has 4 nitrogen and oxygen atoms in total. The van der Waals surface area contributed by atoms with Crippen LogP contribution in [0.4, 0.5) is 0 Å². The summed E-state index contributed by atoms with van der Waals surface area (Å²) in [7, 11) is 0. The third kappa shape index (κ3) is 2.15. The normalized spacial score (nSPS) is 9.27. The van der Waals surface area contributed by atoms with E-state index in [1.807, 2.05) is 0 Å². The monoisotopic (exact) mass is 202 g/mol. The molecule has 0 aliphatic heterocycles. The number of terminal acetylenes is 1. The third-order valence-corrected chi connectivity index (χ3v) is 1.96. The van der Waals surface area contributed by atoms with Gasteiger partial charge in [-0.2, -0.15) is 0 Å². The summed E-state index contributed by atoms with van der Waals surface area (Å²) < 4.78 is 0. The molecule has 4 N–H and O–H groups in total. The first-order valence-electron chi connectivity index (χ1n) is 4.23. The number of primary amides is 2. The predicted octanol–water partition coefficient (Wildman–Crippen LogP) is 0.0601. The van der Waals surface area contributed by atoms with Crippen molar-refractivity contribution in [2.24, 2.45) is 11.5 Å². The van der Waals surface area contributed by atoms with Gasteiger partial charge in [0, 0.05) is 6.42 Å². The van der Waals surface area contributed by atoms with Crippen LogP contribution in [0.3, 0.4) is 0 Å². The van der Waals surface area contributed by atoms with E-state index in [0.29, 0.717) is 5.56 Å². The van der Waals surface area contributed by atoms with Crippen molar-refractivity contribution < 1.29 is 9.59 Å². The molecule has 0 bridgehead atoms. The van der Waals surface area contributed by atoms with Gasteiger partial charge >= 0.3 is 0 Å². The SMILES string of the molecule is C#CCc1cccc(C(N)=O)c1C(N)=O. The Morgan fingerprint density at radius 1 is 1.27 bits per heavy atom. The zero-order valence-corrected chi connectivity index (χ0v) is 7.99. The Morgan fingerprint density at radius 3 is 2.40 bits per heavy atom. The number of hydrogen-bond acceptors (Lipinski definition) is 2. The van der Waals surface area contributed by atoms with Gasteiger partial charge in [0.2, 0.25) is 11.8 Å². The van der Waals surface area contributed by atoms with E-state index in [4.69, 9.17) is 17.9 Å². The summed E-state index contributed by atoms with van der Waals surface area (Å²) in [5, 5.41) is 0. The van der Waals surface area contributed by atoms with Gasteiger partial charge in [-0.05, 0) is 11.6 Å². The number of carbonyl (C=O) groups excluding carboxylic acids is 2. The number of carbonyl (C=O) groups is 2. The van der Waals surface area contributed by atoms with E-state index in [1.165, 1.54) is 6.07 Å². The topological polar surface area (TPSA) is 86.2 Å². The Labute approximate surface area is 87.3 Å². The summed E-state index contributed by atoms with van der Waals surface area (Å²) in [6.07, 6.45) is 5.37. The largest absolute Gasteiger partial charge is 0.366 e. The molecule has 2 amide bonds. The van der Waals surface area contributed by atoms with Gasteiger partial charge in [0.25, 0.3) is 0 Å². The first-order valence-corrected chi connectivity index (χ1v) is 4.23. The number of hydrogen-bond donors (Lipinski definition) is 2. The van der Waals surface area contributed by atoms with Gasteiger partial charge in [-0.25, -0.2) is 0 Å². The molecule has 4 heteroatoms. The highest BCUT2D eigenvalue weighted by molar-refractivity contribution is 6.07. The molecule has 0 aliphatic rings. The maximum Gasteiger partial charge on any atom is 0.249 e. The summed E-state index contributed by atoms with van der Waals surface area (Å²) in [6, 6.07) is 4.70. The molecule has 0 saturated carbocycles. The molecule has 1 rings (SSSR count). The van der Waals surface area contributed by atoms with E-state index in [0.717, 1.165) is 0 Å². The van der Waals surface area contributed by atoms with E-state index in [1.54, 1.807) is 12.1 Å². The first-order chi connectivity index (χ1) is 7.07. The number of nitrogens with two attached hydrogens (primary N) is 2. The van der Waals surface area contributed by atoms with E-state index >= 15 is 0 Å². The molecule has 15 heavy (non-hydrogen) atoms. The van der Waals surface area contributed by atoms with Gasteiger partial charge < -0.3 is 11.5 Å². The van der Waals surface area contributed by atoms with Crippen LogP contribution in [0.5, 0.6) is 0 Å². The van der Waals surface area contributed by atoms with Crippen LogP contribution in [-0.2, 0) is 6.42 Å². The van der Waals surface area contributed by atoms with Crippen molar-refractivity contribution in [1.29, 1.82) is 0 Å². The first kappa shape index (κ1) is 10.8. The zero-order valence-electron chi connectivity index (χ0n) is 7.99. The summed E-state index contributed by atoms with van der Waals surface area (Å²) in [6.45, 7) is 0. The maximum atomic E-state index is 11.2. The Kier molecular flexibility index (Phi) is 3.09. The van der Waals surface area contributed by atoms with Gasteiger partial charge in [0.1, 0.15) is 0 Å². The second kappa shape index (κ2) is 4.29. The van der Waals surface area contributed by atoms with Crippen molar-refractivity contribution in [3.63, 3.8) is 0 Å². The molecule has 0 radical (unpaired) electrons. The van der Waals surface area contributed by atoms with Crippen molar-refractivity contribution in [3.05, 3.63) is 34.9 Å². The lowest BCUT2D eigenvalue weighted by Gasteiger charge is -2.07. The van der Waals surface area contributed by atoms with Crippen LogP contribution in [0.1, 0.15) is 26.3 Å². The molecule has 76 valence electrons. The number of benzene rings is 1. The van der Waals surface area contributed by atoms with E-state index in [2.05, 4.69) is 5.92 Å². The van der Waals surface area contributed by atoms with Gasteiger partial charge in [0.05, 0.1) is 11.1 Å². The fourth-order valence-corrected chi connectivity index (χ4v) is 1.35. The molecule has 1 aromatic rings. The molecule has 0 heterocycles. The highest BCUT2D eigenvalue weighted by Crippen LogP contribution is 2.14. The fraction of sp³-hybridized carbons (Fsp3) is 0.0909. The van der Waals surface area contributed by atoms with E-state index in [-0.39, 0.29) is 17.5 Å². The minimum atomic E-state index is -0.699. The van der Waals surface area contributed by atoms with Crippen LogP contribution in [0.2, 0.25) is 0 Å². The van der Waals surface area contributed by atoms with Crippen molar-refractivity contribution in [1.82, 2.24) is 0 Å². The highest BCUT2D eigenvalue weighted by atomic mass is 16.2. The quantitative estimate of drug-likeness (QED) is 0.679. The standard InChI is InChI=1S/C11H10N2O2/c1-2-4-7-5-3-6-8(10(12)14)9(7)11(13)15/h1,3,5-6H,4H2,(H2,12,14)(H2,13,15). The van der Waals surface area contributed by atoms with Crippen LogP contribution >= 0.6 is 0 Å². The second-order valence-corrected chi connectivity index (χ2v) is 2.95. The lowest BCUT2D eigenvalue weighted by atomic mass is 9.98. The molecular formula is C11H10N2O2. The summed E-state index contributed by atoms with van der Waals surface area (Å²) in [5.41, 5.74) is 11.1. The van der Waals surface area contributed by atoms with Crippen LogP contribution in [0.25, 0.3) is 0 Å². The van der Waals surface area contributed by atoms with Crippen LogP contribution in [-0.4, -0.2) is 11.8 Å². The number of amides is 2. The summed E-state index contributed by atoms with van der Waals surface area (Å²) >= 11 is 0. The van der Waals surface area contributed by atoms with Gasteiger partial charge in [-0.15, -0.1) is 12.3 Å². The fourth-order valence-electron chi connectivity index (χ4n) is 1.35. The predicted molar refractivity (Wildman–Crippen MR) is 56.0 cm³/mol. The zero-order chi connectivity index (χ0) is 11.4. The van der Waals surface area contributed by atoms with Crippen molar-refractivity contribution in [2.75, 3.05) is 0 Å². The molecule has 1 aromatic carbocycles. The highest BCUT2D eigenvalue weighted by Gasteiger charge is 2.16. The molecule has 0 unspecified atom stereocenters. The Hall–Kier alpha value is -2.28. The molecule has 0 fully saturated rings. The van der Waals surface area contributed by atoms with Crippen LogP contribution < -0.4 is 11.5 Å². The van der Waals surface area contributed by atoms with Crippen LogP contribution in [0, 0.1) is 12.3 Å². The van der Waals surface area contributed by atoms with E-state index in [9.17, 15) is 9.59 Å². The lowest BCUT2D eigenvalue weighted by Crippen LogP contribution is -2.22. The van der Waals surface area contributed by atoms with Crippen LogP contribution in [0.15, 0.2) is 18.2 Å². The summed E-state index contributed by atoms with van der Waals surface area (Å²) in [5.74, 6) is 0.994. The maximum absolute atomic E-state index is 11.2. The minimum Gasteiger partial charge on any atom is -0.366 e. The minimum absolute atomic E-state index is 0.107. The molecule has 0 aliphatic carbocycles. The van der Waals surface area contributed by atoms with Gasteiger partial charge in [-0.1, -0.05) is 12.1 Å². The molecule has 0 saturated heterocycles. The van der Waals surface area contributed by atoms with Crippen molar-refractivity contribution >= 4 is 11.8 Å². The summed E-state index contributed by atoms with van der Waals surface area (Å²) in [4.78, 5) is 22.2. The molecular weight excluding hydrogens is 192 g/mol. The molecule has 0 aromatic heterocycles. The number of rotatable bonds is 3. The molecule has 0 atom stereocenters. The Morgan fingerprint density at radius 2 is 1.93 bits per heavy atom. The van der Waals surface area contributed by atoms with Gasteiger partial charge in [0.15, 0.2) is 0 Å².